The summed E-state index contributed by atoms with van der Waals surface area (Å²) in [5.41, 5.74) is 0. The second-order valence-corrected chi connectivity index (χ2v) is 18.0. The smallest absolute Gasteiger partial charge is 0.134 e. The van der Waals surface area contributed by atoms with Crippen LogP contribution in [-0.4, -0.2) is 117 Å². The maximum atomic E-state index is 5.96. The third-order valence-corrected chi connectivity index (χ3v) is 20.7. The zero-order valence-electron chi connectivity index (χ0n) is 20.4. The molecule has 0 rings (SSSR count). The first kappa shape index (κ1) is 30.5. The molecular weight excluding hydrogens is 457 g/mol. The summed E-state index contributed by atoms with van der Waals surface area (Å²) in [4.78, 5) is 0. The Morgan fingerprint density at radius 3 is 0.867 bits per heavy atom. The largest absolute Gasteiger partial charge is 0.360 e. The molecule has 0 fully saturated rings. The van der Waals surface area contributed by atoms with E-state index < -0.39 is 38.1 Å². The molecule has 182 valence electrons. The van der Waals surface area contributed by atoms with Gasteiger partial charge in [-0.25, -0.2) is 0 Å². The summed E-state index contributed by atoms with van der Waals surface area (Å²) in [6.45, 7) is 10.7. The van der Waals surface area contributed by atoms with E-state index in [9.17, 15) is 0 Å². The van der Waals surface area contributed by atoms with E-state index in [1.165, 1.54) is 0 Å². The van der Waals surface area contributed by atoms with Gasteiger partial charge >= 0.3 is 0 Å². The van der Waals surface area contributed by atoms with Gasteiger partial charge in [0.25, 0.3) is 0 Å². The van der Waals surface area contributed by atoms with E-state index in [-0.39, 0.29) is 23.7 Å². The number of rotatable bonds is 21. The summed E-state index contributed by atoms with van der Waals surface area (Å²) in [7, 11) is 4.05. The lowest BCUT2D eigenvalue weighted by molar-refractivity contribution is -0.0847. The summed E-state index contributed by atoms with van der Waals surface area (Å²) in [6.07, 6.45) is 0. The van der Waals surface area contributed by atoms with Gasteiger partial charge in [0.15, 0.2) is 0 Å². The molecule has 0 saturated heterocycles. The molecule has 0 aromatic heterocycles. The van der Waals surface area contributed by atoms with Crippen LogP contribution in [-0.2, 0) is 37.9 Å². The average molecular weight is 503 g/mol. The zero-order valence-corrected chi connectivity index (χ0v) is 26.0. The Morgan fingerprint density at radius 1 is 0.433 bits per heavy atom. The molecule has 0 radical (unpaired) electrons. The number of hydrogen-bond acceptors (Lipinski definition) is 8. The van der Waals surface area contributed by atoms with Gasteiger partial charge in [-0.05, 0) is 27.7 Å². The van der Waals surface area contributed by atoms with Crippen LogP contribution in [0.1, 0.15) is 27.7 Å². The van der Waals surface area contributed by atoms with Crippen LogP contribution < -0.4 is 0 Å². The number of ether oxygens (including phenoxy) is 8. The van der Waals surface area contributed by atoms with Crippen molar-refractivity contribution in [1.82, 2.24) is 0 Å². The fourth-order valence-corrected chi connectivity index (χ4v) is 18.8. The first-order valence-electron chi connectivity index (χ1n) is 11.1. The highest BCUT2D eigenvalue weighted by Gasteiger charge is 2.34. The molecule has 0 saturated carbocycles. The van der Waals surface area contributed by atoms with Gasteiger partial charge in [0, 0.05) is 54.9 Å². The Bertz CT molecular complexity index is 332. The lowest BCUT2D eigenvalue weighted by atomic mass is 10.8. The van der Waals surface area contributed by atoms with Gasteiger partial charge in [-0.2, -0.15) is 0 Å². The Hall–Kier alpha value is 0.548. The molecule has 0 aromatic carbocycles. The maximum Gasteiger partial charge on any atom is 0.134 e. The molecule has 0 N–H and O–H groups in total. The molecule has 0 bridgehead atoms. The minimum absolute atomic E-state index is 0.0847. The van der Waals surface area contributed by atoms with E-state index in [1.54, 1.807) is 28.4 Å². The second kappa shape index (κ2) is 20.2. The van der Waals surface area contributed by atoms with Crippen molar-refractivity contribution in [3.05, 3.63) is 0 Å². The molecule has 0 aliphatic rings. The number of hydrogen-bond donors (Lipinski definition) is 0. The molecule has 0 aliphatic heterocycles. The van der Waals surface area contributed by atoms with E-state index in [0.717, 1.165) is 0 Å². The lowest BCUT2D eigenvalue weighted by Crippen LogP contribution is -2.44. The monoisotopic (exact) mass is 502 g/mol. The summed E-state index contributed by atoms with van der Waals surface area (Å²) >= 11 is 0. The molecule has 30 heavy (non-hydrogen) atoms. The zero-order chi connectivity index (χ0) is 22.8. The molecule has 2 atom stereocenters. The van der Waals surface area contributed by atoms with Crippen LogP contribution in [0.3, 0.4) is 0 Å². The van der Waals surface area contributed by atoms with Crippen molar-refractivity contribution in [2.45, 2.75) is 61.7 Å². The fourth-order valence-electron chi connectivity index (χ4n) is 3.64. The van der Waals surface area contributed by atoms with Gasteiger partial charge < -0.3 is 37.9 Å². The summed E-state index contributed by atoms with van der Waals surface area (Å²) in [5, 5.41) is 1.10. The summed E-state index contributed by atoms with van der Waals surface area (Å²) in [5.74, 6) is -0.395. The van der Waals surface area contributed by atoms with Crippen LogP contribution in [0.4, 0.5) is 0 Å². The van der Waals surface area contributed by atoms with Crippen LogP contribution in [0.25, 0.3) is 0 Å². The Kier molecular flexibility index (Phi) is 20.5. The SMILES string of the molecule is CCOC(OCC)[SiH2]C([SiH2]C(OC)OC)C([SiH2]C(OC)OC)[SiH2]C(OCC)OCC. The fraction of sp³-hybridized carbons (Fsp3) is 1.00. The van der Waals surface area contributed by atoms with Crippen molar-refractivity contribution >= 4 is 38.1 Å². The topological polar surface area (TPSA) is 73.8 Å². The highest BCUT2D eigenvalue weighted by molar-refractivity contribution is 6.70. The van der Waals surface area contributed by atoms with Crippen LogP contribution >= 0.6 is 0 Å². The molecule has 0 amide bonds. The van der Waals surface area contributed by atoms with Gasteiger partial charge in [0.2, 0.25) is 0 Å². The number of methoxy groups -OCH3 is 4. The molecule has 2 unspecified atom stereocenters. The predicted octanol–water partition coefficient (Wildman–Crippen LogP) is -0.980. The minimum atomic E-state index is -0.716. The predicted molar refractivity (Wildman–Crippen MR) is 131 cm³/mol. The van der Waals surface area contributed by atoms with E-state index >= 15 is 0 Å². The first-order chi connectivity index (χ1) is 14.5. The second-order valence-electron chi connectivity index (χ2n) is 6.95. The summed E-state index contributed by atoms with van der Waals surface area (Å²) in [6, 6.07) is 0. The van der Waals surface area contributed by atoms with Crippen molar-refractivity contribution < 1.29 is 37.9 Å². The Morgan fingerprint density at radius 2 is 0.667 bits per heavy atom. The van der Waals surface area contributed by atoms with E-state index in [4.69, 9.17) is 37.9 Å². The third-order valence-electron chi connectivity index (χ3n) is 5.11. The molecule has 0 aliphatic carbocycles. The molecule has 0 heterocycles. The van der Waals surface area contributed by atoms with Gasteiger partial charge in [0.1, 0.15) is 23.7 Å². The van der Waals surface area contributed by atoms with E-state index in [0.29, 0.717) is 36.8 Å². The molecule has 12 heteroatoms. The van der Waals surface area contributed by atoms with Gasteiger partial charge in [0.05, 0.1) is 38.1 Å². The van der Waals surface area contributed by atoms with Crippen molar-refractivity contribution in [2.24, 2.45) is 0 Å². The highest BCUT2D eigenvalue weighted by Crippen LogP contribution is 2.27. The highest BCUT2D eigenvalue weighted by atomic mass is 28.3. The van der Waals surface area contributed by atoms with Gasteiger partial charge in [-0.15, -0.1) is 0 Å². The van der Waals surface area contributed by atoms with Crippen LogP contribution in [0.2, 0.25) is 10.3 Å². The third kappa shape index (κ3) is 13.2. The van der Waals surface area contributed by atoms with Crippen LogP contribution in [0.5, 0.6) is 0 Å². The van der Waals surface area contributed by atoms with E-state index in [2.05, 4.69) is 0 Å². The van der Waals surface area contributed by atoms with Gasteiger partial charge in [-0.3, -0.25) is 0 Å². The van der Waals surface area contributed by atoms with Gasteiger partial charge in [-0.1, -0.05) is 10.3 Å². The maximum absolute atomic E-state index is 5.96. The molecule has 0 spiro atoms. The normalized spacial score (nSPS) is 16.0. The quantitative estimate of drug-likeness (QED) is 0.146. The summed E-state index contributed by atoms with van der Waals surface area (Å²) < 4.78 is 46.3. The Labute approximate surface area is 192 Å². The van der Waals surface area contributed by atoms with Crippen molar-refractivity contribution in [3.8, 4) is 0 Å². The minimum Gasteiger partial charge on any atom is -0.360 e. The van der Waals surface area contributed by atoms with Crippen molar-refractivity contribution in [2.75, 3.05) is 54.9 Å². The first-order valence-corrected chi connectivity index (χ1v) is 17.6. The molecule has 0 aromatic rings. The lowest BCUT2D eigenvalue weighted by Gasteiger charge is -2.34. The average Bonchev–Trinajstić information content (AvgIpc) is 2.74. The van der Waals surface area contributed by atoms with E-state index in [1.807, 2.05) is 27.7 Å². The Balaban J connectivity index is 5.71. The van der Waals surface area contributed by atoms with Crippen molar-refractivity contribution in [3.63, 3.8) is 0 Å². The standard InChI is InChI=1S/C18H46O8Si4/c1-9-23-17(24-10-2)29-13(27-15(19-5)20-6)14(28-16(21-7)22-8)30-18(25-11-3)26-12-4/h13-18H,9-12,27-30H2,1-8H3. The molecule has 8 nitrogen and oxygen atoms in total. The molecular formula is C18H46O8Si4. The van der Waals surface area contributed by atoms with Crippen LogP contribution in [0, 0.1) is 0 Å². The van der Waals surface area contributed by atoms with Crippen LogP contribution in [0.15, 0.2) is 0 Å². The van der Waals surface area contributed by atoms with Crippen molar-refractivity contribution in [1.29, 1.82) is 0 Å².